The number of benzene rings is 1. The van der Waals surface area contributed by atoms with Crippen molar-refractivity contribution in [2.24, 2.45) is 5.92 Å². The summed E-state index contributed by atoms with van der Waals surface area (Å²) in [6.45, 7) is 4.06. The minimum Gasteiger partial charge on any atom is -0.496 e. The third-order valence-corrected chi connectivity index (χ3v) is 6.37. The lowest BCUT2D eigenvalue weighted by Crippen LogP contribution is -2.40. The lowest BCUT2D eigenvalue weighted by Gasteiger charge is -2.30. The monoisotopic (exact) mass is 327 g/mol. The molecule has 7 heteroatoms. The van der Waals surface area contributed by atoms with Crippen LogP contribution in [0.5, 0.6) is 5.75 Å². The van der Waals surface area contributed by atoms with Crippen LogP contribution < -0.4 is 4.74 Å². The number of hydrogen-bond donors (Lipinski definition) is 1. The molecule has 1 N–H and O–H groups in total. The summed E-state index contributed by atoms with van der Waals surface area (Å²) in [5, 5.41) is 9.00. The van der Waals surface area contributed by atoms with E-state index in [1.54, 1.807) is 26.2 Å². The van der Waals surface area contributed by atoms with Crippen LogP contribution in [0.4, 0.5) is 0 Å². The molecule has 0 aliphatic carbocycles. The summed E-state index contributed by atoms with van der Waals surface area (Å²) >= 11 is 0. The van der Waals surface area contributed by atoms with Crippen LogP contribution in [0.15, 0.2) is 17.0 Å². The largest absolute Gasteiger partial charge is 0.496 e. The van der Waals surface area contributed by atoms with E-state index >= 15 is 0 Å². The molecule has 1 saturated heterocycles. The van der Waals surface area contributed by atoms with Crippen LogP contribution in [0, 0.1) is 19.8 Å². The Balaban J connectivity index is 2.29. The maximum absolute atomic E-state index is 12.8. The van der Waals surface area contributed by atoms with Crippen LogP contribution in [0.1, 0.15) is 24.0 Å². The van der Waals surface area contributed by atoms with Gasteiger partial charge < -0.3 is 9.84 Å². The molecule has 1 fully saturated rings. The molecule has 0 spiro atoms. The van der Waals surface area contributed by atoms with Crippen LogP contribution in [0.25, 0.3) is 0 Å². The van der Waals surface area contributed by atoms with Crippen molar-refractivity contribution >= 4 is 16.0 Å². The van der Waals surface area contributed by atoms with Gasteiger partial charge in [-0.25, -0.2) is 8.42 Å². The maximum atomic E-state index is 12.8. The molecule has 1 aliphatic heterocycles. The Labute approximate surface area is 130 Å². The molecule has 0 saturated carbocycles. The molecule has 1 heterocycles. The van der Waals surface area contributed by atoms with Crippen molar-refractivity contribution in [2.45, 2.75) is 31.6 Å². The van der Waals surface area contributed by atoms with E-state index < -0.39 is 21.9 Å². The summed E-state index contributed by atoms with van der Waals surface area (Å²) in [5.74, 6) is -0.653. The van der Waals surface area contributed by atoms with E-state index in [1.807, 2.05) is 6.92 Å². The van der Waals surface area contributed by atoms with Gasteiger partial charge in [0.05, 0.1) is 17.9 Å². The zero-order chi connectivity index (χ0) is 16.5. The standard InChI is InChI=1S/C15H21NO5S/c1-10-11(2)14(5-4-13(10)21-3)22(19,20)16-8-6-12(7-9-16)15(17)18/h4-5,12H,6-9H2,1-3H3,(H,17,18). The van der Waals surface area contributed by atoms with Gasteiger partial charge >= 0.3 is 5.97 Å². The zero-order valence-electron chi connectivity index (χ0n) is 13.0. The third-order valence-electron chi connectivity index (χ3n) is 4.33. The molecule has 0 unspecified atom stereocenters. The molecule has 0 bridgehead atoms. The van der Waals surface area contributed by atoms with E-state index in [0.29, 0.717) is 24.2 Å². The summed E-state index contributed by atoms with van der Waals surface area (Å²) in [5.41, 5.74) is 1.46. The third kappa shape index (κ3) is 2.96. The highest BCUT2D eigenvalue weighted by Crippen LogP contribution is 2.30. The Hall–Kier alpha value is -1.60. The summed E-state index contributed by atoms with van der Waals surface area (Å²) in [6.07, 6.45) is 0.700. The Bertz CT molecular complexity index is 675. The van der Waals surface area contributed by atoms with Gasteiger partial charge in [-0.3, -0.25) is 4.79 Å². The summed E-state index contributed by atoms with van der Waals surface area (Å²) in [4.78, 5) is 11.2. The smallest absolute Gasteiger partial charge is 0.306 e. The number of ether oxygens (including phenoxy) is 1. The van der Waals surface area contributed by atoms with Gasteiger partial charge in [0.15, 0.2) is 0 Å². The van der Waals surface area contributed by atoms with Gasteiger partial charge in [-0.2, -0.15) is 4.31 Å². The van der Waals surface area contributed by atoms with E-state index in [-0.39, 0.29) is 18.0 Å². The van der Waals surface area contributed by atoms with Crippen LogP contribution in [0.3, 0.4) is 0 Å². The molecule has 0 atom stereocenters. The molecule has 1 aromatic rings. The summed E-state index contributed by atoms with van der Waals surface area (Å²) in [6, 6.07) is 3.21. The maximum Gasteiger partial charge on any atom is 0.306 e. The second kappa shape index (κ2) is 6.26. The van der Waals surface area contributed by atoms with Crippen molar-refractivity contribution < 1.29 is 23.1 Å². The van der Waals surface area contributed by atoms with Gasteiger partial charge in [-0.05, 0) is 49.9 Å². The fraction of sp³-hybridized carbons (Fsp3) is 0.533. The molecular weight excluding hydrogens is 306 g/mol. The Kier molecular flexibility index (Phi) is 4.77. The number of carbonyl (C=O) groups is 1. The van der Waals surface area contributed by atoms with E-state index in [1.165, 1.54) is 4.31 Å². The van der Waals surface area contributed by atoms with E-state index in [0.717, 1.165) is 5.56 Å². The first-order chi connectivity index (χ1) is 10.3. The highest BCUT2D eigenvalue weighted by Gasteiger charge is 2.33. The number of sulfonamides is 1. The minimum absolute atomic E-state index is 0.240. The SMILES string of the molecule is COc1ccc(S(=O)(=O)N2CCC(C(=O)O)CC2)c(C)c1C. The Morgan fingerprint density at radius 2 is 1.82 bits per heavy atom. The van der Waals surface area contributed by atoms with E-state index in [9.17, 15) is 13.2 Å². The molecule has 2 rings (SSSR count). The average Bonchev–Trinajstić information content (AvgIpc) is 2.49. The molecule has 22 heavy (non-hydrogen) atoms. The van der Waals surface area contributed by atoms with Gasteiger partial charge in [-0.15, -0.1) is 0 Å². The van der Waals surface area contributed by atoms with Crippen LogP contribution in [-0.2, 0) is 14.8 Å². The second-order valence-corrected chi connectivity index (χ2v) is 7.44. The van der Waals surface area contributed by atoms with Gasteiger partial charge in [0.25, 0.3) is 0 Å². The number of methoxy groups -OCH3 is 1. The molecule has 6 nitrogen and oxygen atoms in total. The predicted molar refractivity (Wildman–Crippen MR) is 81.6 cm³/mol. The van der Waals surface area contributed by atoms with E-state index in [2.05, 4.69) is 0 Å². The van der Waals surface area contributed by atoms with Crippen molar-refractivity contribution in [3.05, 3.63) is 23.3 Å². The van der Waals surface area contributed by atoms with E-state index in [4.69, 9.17) is 9.84 Å². The van der Waals surface area contributed by atoms with Crippen molar-refractivity contribution in [1.29, 1.82) is 0 Å². The number of aliphatic carboxylic acids is 1. The highest BCUT2D eigenvalue weighted by atomic mass is 32.2. The first kappa shape index (κ1) is 16.8. The number of nitrogens with zero attached hydrogens (tertiary/aromatic N) is 1. The molecule has 0 aromatic heterocycles. The lowest BCUT2D eigenvalue weighted by molar-refractivity contribution is -0.142. The molecule has 122 valence electrons. The van der Waals surface area contributed by atoms with Gasteiger partial charge in [0.1, 0.15) is 5.75 Å². The topological polar surface area (TPSA) is 83.9 Å². The summed E-state index contributed by atoms with van der Waals surface area (Å²) in [7, 11) is -2.06. The molecule has 0 amide bonds. The fourth-order valence-corrected chi connectivity index (χ4v) is 4.50. The molecule has 0 radical (unpaired) electrons. The first-order valence-electron chi connectivity index (χ1n) is 7.16. The number of carboxylic acids is 1. The van der Waals surface area contributed by atoms with Gasteiger partial charge in [-0.1, -0.05) is 0 Å². The predicted octanol–water partition coefficient (Wildman–Crippen LogP) is 1.80. The normalized spacial score (nSPS) is 17.4. The Morgan fingerprint density at radius 1 is 1.23 bits per heavy atom. The van der Waals surface area contributed by atoms with Crippen molar-refractivity contribution in [3.63, 3.8) is 0 Å². The van der Waals surface area contributed by atoms with Crippen LogP contribution >= 0.6 is 0 Å². The van der Waals surface area contributed by atoms with Crippen LogP contribution in [-0.4, -0.2) is 44.0 Å². The van der Waals surface area contributed by atoms with Crippen LogP contribution in [0.2, 0.25) is 0 Å². The number of piperidine rings is 1. The quantitative estimate of drug-likeness (QED) is 0.911. The van der Waals surface area contributed by atoms with Gasteiger partial charge in [0, 0.05) is 13.1 Å². The van der Waals surface area contributed by atoms with Crippen molar-refractivity contribution in [1.82, 2.24) is 4.31 Å². The minimum atomic E-state index is -3.60. The number of hydrogen-bond acceptors (Lipinski definition) is 4. The summed E-state index contributed by atoms with van der Waals surface area (Å²) < 4.78 is 32.1. The first-order valence-corrected chi connectivity index (χ1v) is 8.60. The Morgan fingerprint density at radius 3 is 2.32 bits per heavy atom. The molecule has 1 aromatic carbocycles. The molecule has 1 aliphatic rings. The number of carboxylic acid groups (broad SMARTS) is 1. The zero-order valence-corrected chi connectivity index (χ0v) is 13.8. The fourth-order valence-electron chi connectivity index (χ4n) is 2.75. The second-order valence-electron chi connectivity index (χ2n) is 5.53. The highest BCUT2D eigenvalue weighted by molar-refractivity contribution is 7.89. The molecular formula is C15H21NO5S. The van der Waals surface area contributed by atoms with Gasteiger partial charge in [0.2, 0.25) is 10.0 Å². The van der Waals surface area contributed by atoms with Crippen molar-refractivity contribution in [2.75, 3.05) is 20.2 Å². The average molecular weight is 327 g/mol. The lowest BCUT2D eigenvalue weighted by atomic mass is 9.99. The van der Waals surface area contributed by atoms with Crippen molar-refractivity contribution in [3.8, 4) is 5.75 Å². The number of rotatable bonds is 4.